The predicted molar refractivity (Wildman–Crippen MR) is 28.5 cm³/mol. The summed E-state index contributed by atoms with van der Waals surface area (Å²) in [6.45, 7) is 2.76. The van der Waals surface area contributed by atoms with Crippen LogP contribution in [0.25, 0.3) is 0 Å². The lowest BCUT2D eigenvalue weighted by Crippen LogP contribution is -2.94. The normalized spacial score (nSPS) is 30.4. The Morgan fingerprint density at radius 1 is 1.75 bits per heavy atom. The summed E-state index contributed by atoms with van der Waals surface area (Å²) < 4.78 is 5.08. The first-order chi connectivity index (χ1) is 3.93. The van der Waals surface area contributed by atoms with Crippen molar-refractivity contribution in [3.05, 3.63) is 0 Å². The Balaban J connectivity index is 2.13. The fourth-order valence-electron chi connectivity index (χ4n) is 0.817. The summed E-state index contributed by atoms with van der Waals surface area (Å²) in [5, 5.41) is 10.7. The molecule has 0 aliphatic carbocycles. The molecule has 1 aliphatic rings. The first-order valence-corrected chi connectivity index (χ1v) is 2.95. The van der Waals surface area contributed by atoms with Crippen molar-refractivity contribution in [1.82, 2.24) is 0 Å². The molecule has 1 atom stereocenters. The van der Waals surface area contributed by atoms with E-state index in [2.05, 4.69) is 5.32 Å². The lowest BCUT2D eigenvalue weighted by atomic mass is 10.3. The summed E-state index contributed by atoms with van der Waals surface area (Å²) in [6, 6.07) is 0.295. The zero-order valence-corrected chi connectivity index (χ0v) is 4.84. The standard InChI is InChI=1S/C5H11NO2/c7-3-5-4-8-2-1-6-5/h5-7H,1-4H2/p+1/t5-/m1/s1. The number of ether oxygens (including phenoxy) is 1. The third-order valence-electron chi connectivity index (χ3n) is 1.33. The van der Waals surface area contributed by atoms with Crippen molar-refractivity contribution >= 4 is 0 Å². The summed E-state index contributed by atoms with van der Waals surface area (Å²) in [6.07, 6.45) is 0. The van der Waals surface area contributed by atoms with Gasteiger partial charge < -0.3 is 15.2 Å². The zero-order valence-electron chi connectivity index (χ0n) is 4.84. The van der Waals surface area contributed by atoms with Crippen LogP contribution >= 0.6 is 0 Å². The lowest BCUT2D eigenvalue weighted by Gasteiger charge is -2.17. The maximum atomic E-state index is 8.58. The second-order valence-electron chi connectivity index (χ2n) is 2.04. The Hall–Kier alpha value is -0.120. The van der Waals surface area contributed by atoms with Gasteiger partial charge in [0, 0.05) is 0 Å². The molecule has 1 saturated heterocycles. The second kappa shape index (κ2) is 3.02. The molecule has 0 unspecified atom stereocenters. The van der Waals surface area contributed by atoms with Gasteiger partial charge in [0.15, 0.2) is 0 Å². The van der Waals surface area contributed by atoms with Crippen LogP contribution in [0.15, 0.2) is 0 Å². The van der Waals surface area contributed by atoms with E-state index in [1.807, 2.05) is 0 Å². The van der Waals surface area contributed by atoms with Crippen molar-refractivity contribution in [2.24, 2.45) is 0 Å². The molecule has 0 radical (unpaired) electrons. The highest BCUT2D eigenvalue weighted by atomic mass is 16.5. The molecule has 0 saturated carbocycles. The summed E-state index contributed by atoms with van der Waals surface area (Å²) in [7, 11) is 0. The van der Waals surface area contributed by atoms with Crippen LogP contribution in [0.1, 0.15) is 0 Å². The quantitative estimate of drug-likeness (QED) is 0.416. The summed E-state index contributed by atoms with van der Waals surface area (Å²) in [5.74, 6) is 0. The zero-order chi connectivity index (χ0) is 5.82. The van der Waals surface area contributed by atoms with E-state index in [9.17, 15) is 0 Å². The Morgan fingerprint density at radius 3 is 3.00 bits per heavy atom. The number of aliphatic hydroxyl groups excluding tert-OH is 1. The minimum absolute atomic E-state index is 0.236. The first-order valence-electron chi connectivity index (χ1n) is 2.95. The maximum absolute atomic E-state index is 8.58. The molecule has 0 bridgehead atoms. The van der Waals surface area contributed by atoms with E-state index in [-0.39, 0.29) is 6.61 Å². The highest BCUT2D eigenvalue weighted by molar-refractivity contribution is 4.51. The molecule has 1 heterocycles. The van der Waals surface area contributed by atoms with Gasteiger partial charge >= 0.3 is 0 Å². The molecule has 48 valence electrons. The molecule has 0 aromatic heterocycles. The van der Waals surface area contributed by atoms with Crippen LogP contribution in [0.5, 0.6) is 0 Å². The summed E-state index contributed by atoms with van der Waals surface area (Å²) in [4.78, 5) is 0. The molecule has 3 heteroatoms. The fourth-order valence-corrected chi connectivity index (χ4v) is 0.817. The number of nitrogens with two attached hydrogens (primary N) is 1. The van der Waals surface area contributed by atoms with Gasteiger partial charge in [-0.3, -0.25) is 0 Å². The molecule has 3 nitrogen and oxygen atoms in total. The number of hydrogen-bond acceptors (Lipinski definition) is 2. The monoisotopic (exact) mass is 118 g/mol. The van der Waals surface area contributed by atoms with Gasteiger partial charge in [-0.15, -0.1) is 0 Å². The first kappa shape index (κ1) is 6.01. The van der Waals surface area contributed by atoms with Crippen molar-refractivity contribution in [3.63, 3.8) is 0 Å². The van der Waals surface area contributed by atoms with Crippen LogP contribution in [0, 0.1) is 0 Å². The highest BCUT2D eigenvalue weighted by Gasteiger charge is 2.13. The van der Waals surface area contributed by atoms with Crippen LogP contribution in [0.4, 0.5) is 0 Å². The topological polar surface area (TPSA) is 46.1 Å². The van der Waals surface area contributed by atoms with E-state index in [4.69, 9.17) is 9.84 Å². The average molecular weight is 118 g/mol. The Morgan fingerprint density at radius 2 is 2.62 bits per heavy atom. The number of rotatable bonds is 1. The smallest absolute Gasteiger partial charge is 0.133 e. The molecule has 1 fully saturated rings. The van der Waals surface area contributed by atoms with Gasteiger partial charge in [-0.05, 0) is 0 Å². The van der Waals surface area contributed by atoms with E-state index in [0.717, 1.165) is 13.2 Å². The second-order valence-corrected chi connectivity index (χ2v) is 2.04. The Labute approximate surface area is 48.7 Å². The summed E-state index contributed by atoms with van der Waals surface area (Å²) in [5.41, 5.74) is 0. The Kier molecular flexibility index (Phi) is 2.27. The van der Waals surface area contributed by atoms with E-state index in [0.29, 0.717) is 12.6 Å². The molecule has 0 aromatic carbocycles. The molecular formula is C5H12NO2+. The molecule has 8 heavy (non-hydrogen) atoms. The van der Waals surface area contributed by atoms with Crippen LogP contribution in [0.3, 0.4) is 0 Å². The number of morpholine rings is 1. The van der Waals surface area contributed by atoms with Crippen LogP contribution in [-0.4, -0.2) is 37.5 Å². The van der Waals surface area contributed by atoms with E-state index in [1.54, 1.807) is 0 Å². The molecule has 3 N–H and O–H groups in total. The van der Waals surface area contributed by atoms with Crippen molar-refractivity contribution in [2.75, 3.05) is 26.4 Å². The summed E-state index contributed by atoms with van der Waals surface area (Å²) >= 11 is 0. The van der Waals surface area contributed by atoms with Crippen LogP contribution in [-0.2, 0) is 4.74 Å². The lowest BCUT2D eigenvalue weighted by molar-refractivity contribution is -0.706. The van der Waals surface area contributed by atoms with Gasteiger partial charge in [-0.25, -0.2) is 0 Å². The predicted octanol–water partition coefficient (Wildman–Crippen LogP) is -2.06. The molecule has 1 aliphatic heterocycles. The van der Waals surface area contributed by atoms with Crippen molar-refractivity contribution < 1.29 is 15.2 Å². The molecule has 1 rings (SSSR count). The van der Waals surface area contributed by atoms with E-state index < -0.39 is 0 Å². The Bertz CT molecular complexity index is 61.4. The van der Waals surface area contributed by atoms with Gasteiger partial charge in [0.25, 0.3) is 0 Å². The van der Waals surface area contributed by atoms with Crippen molar-refractivity contribution in [3.8, 4) is 0 Å². The molecular weight excluding hydrogens is 106 g/mol. The van der Waals surface area contributed by atoms with Crippen LogP contribution < -0.4 is 5.32 Å². The third-order valence-corrected chi connectivity index (χ3v) is 1.33. The maximum Gasteiger partial charge on any atom is 0.133 e. The van der Waals surface area contributed by atoms with Gasteiger partial charge in [-0.2, -0.15) is 0 Å². The minimum atomic E-state index is 0.236. The van der Waals surface area contributed by atoms with Crippen molar-refractivity contribution in [1.29, 1.82) is 0 Å². The molecule has 0 aromatic rings. The van der Waals surface area contributed by atoms with E-state index in [1.165, 1.54) is 0 Å². The number of aliphatic hydroxyl groups is 1. The van der Waals surface area contributed by atoms with Crippen molar-refractivity contribution in [2.45, 2.75) is 6.04 Å². The van der Waals surface area contributed by atoms with Gasteiger partial charge in [0.2, 0.25) is 0 Å². The number of hydrogen-bond donors (Lipinski definition) is 2. The van der Waals surface area contributed by atoms with Gasteiger partial charge in [0.1, 0.15) is 12.6 Å². The minimum Gasteiger partial charge on any atom is -0.390 e. The number of quaternary nitrogens is 1. The van der Waals surface area contributed by atoms with Crippen LogP contribution in [0.2, 0.25) is 0 Å². The third kappa shape index (κ3) is 1.43. The molecule has 0 amide bonds. The molecule has 0 spiro atoms. The largest absolute Gasteiger partial charge is 0.390 e. The average Bonchev–Trinajstić information content (AvgIpc) is 1.90. The fraction of sp³-hybridized carbons (Fsp3) is 1.00. The van der Waals surface area contributed by atoms with Gasteiger partial charge in [-0.1, -0.05) is 0 Å². The van der Waals surface area contributed by atoms with Gasteiger partial charge in [0.05, 0.1) is 19.8 Å². The van der Waals surface area contributed by atoms with E-state index >= 15 is 0 Å². The SMILES string of the molecule is OC[C@@H]1COCC[NH2+]1. The highest BCUT2D eigenvalue weighted by Crippen LogP contribution is 1.81.